The second-order valence-electron chi connectivity index (χ2n) is 6.22. The third-order valence-corrected chi connectivity index (χ3v) is 2.88. The lowest BCUT2D eigenvalue weighted by Gasteiger charge is -2.25. The summed E-state index contributed by atoms with van der Waals surface area (Å²) < 4.78 is 5.21. The van der Waals surface area contributed by atoms with Crippen molar-refractivity contribution >= 4 is 23.3 Å². The van der Waals surface area contributed by atoms with E-state index in [-0.39, 0.29) is 22.5 Å². The van der Waals surface area contributed by atoms with Crippen molar-refractivity contribution in [1.82, 2.24) is 9.97 Å². The van der Waals surface area contributed by atoms with Crippen LogP contribution in [0.5, 0.6) is 0 Å². The molecule has 0 aliphatic heterocycles. The normalized spacial score (nSPS) is 11.7. The zero-order valence-electron chi connectivity index (χ0n) is 15.1. The maximum atomic E-state index is 10.9. The third kappa shape index (κ3) is 7.67. The highest BCUT2D eigenvalue weighted by molar-refractivity contribution is 5.93. The van der Waals surface area contributed by atoms with Gasteiger partial charge in [-0.1, -0.05) is 0 Å². The van der Waals surface area contributed by atoms with E-state index < -0.39 is 24.0 Å². The molecule has 0 saturated heterocycles. The van der Waals surface area contributed by atoms with Gasteiger partial charge in [-0.25, -0.2) is 9.59 Å². The molecule has 0 radical (unpaired) electrons. The fraction of sp³-hybridized carbons (Fsp3) is 0.294. The first kappa shape index (κ1) is 21.8. The summed E-state index contributed by atoms with van der Waals surface area (Å²) >= 11 is 0. The van der Waals surface area contributed by atoms with Gasteiger partial charge in [0, 0.05) is 30.5 Å². The van der Waals surface area contributed by atoms with Gasteiger partial charge in [-0.05, 0) is 32.9 Å². The number of nitrogens with two attached hydrogens (primary N) is 1. The summed E-state index contributed by atoms with van der Waals surface area (Å²) in [4.78, 5) is 28.5. The van der Waals surface area contributed by atoms with Crippen molar-refractivity contribution < 1.29 is 29.6 Å². The van der Waals surface area contributed by atoms with Crippen LogP contribution in [0.15, 0.2) is 36.9 Å². The van der Waals surface area contributed by atoms with E-state index in [4.69, 9.17) is 20.7 Å². The third-order valence-electron chi connectivity index (χ3n) is 2.88. The quantitative estimate of drug-likeness (QED) is 0.482. The second-order valence-corrected chi connectivity index (χ2v) is 6.22. The number of nitrogens with one attached hydrogen (secondary N) is 1. The van der Waals surface area contributed by atoms with E-state index >= 15 is 0 Å². The van der Waals surface area contributed by atoms with Crippen LogP contribution in [0.3, 0.4) is 0 Å². The number of aliphatic hydroxyl groups is 1. The smallest absolute Gasteiger partial charge is 0.339 e. The van der Waals surface area contributed by atoms with Gasteiger partial charge in [0.05, 0.1) is 11.3 Å². The average Bonchev–Trinajstić information content (AvgIpc) is 2.54. The molecule has 146 valence electrons. The van der Waals surface area contributed by atoms with E-state index in [0.29, 0.717) is 0 Å². The first-order valence-corrected chi connectivity index (χ1v) is 7.74. The van der Waals surface area contributed by atoms with Gasteiger partial charge in [-0.15, -0.1) is 0 Å². The molecule has 1 atom stereocenters. The Morgan fingerprint density at radius 3 is 2.04 bits per heavy atom. The molecule has 0 aliphatic carbocycles. The van der Waals surface area contributed by atoms with Crippen molar-refractivity contribution in [2.75, 3.05) is 11.1 Å². The number of carboxylic acids is 2. The van der Waals surface area contributed by atoms with Crippen LogP contribution in [0.2, 0.25) is 0 Å². The topological polar surface area (TPSA) is 168 Å². The number of hydrogen-bond donors (Lipinski definition) is 5. The van der Waals surface area contributed by atoms with Crippen molar-refractivity contribution in [3.63, 3.8) is 0 Å². The number of carboxylic acid groups (broad SMARTS) is 2. The Bertz CT molecular complexity index is 791. The Hall–Kier alpha value is -3.24. The monoisotopic (exact) mass is 378 g/mol. The van der Waals surface area contributed by atoms with Crippen LogP contribution in [-0.2, 0) is 4.74 Å². The standard InChI is InChI=1S/C11H16N2O4.C6H6N2O2/c1-11(2,3)17-10(16)13-8-4-5-12-6-7(8)9(14)15;7-5-1-2-8-3-4(5)6(9)10/h4-6,10,16H,1-3H3,(H,12,13)(H,14,15);1-3H,(H2,7,8)(H,9,10). The van der Waals surface area contributed by atoms with Gasteiger partial charge < -0.3 is 31.1 Å². The summed E-state index contributed by atoms with van der Waals surface area (Å²) in [6, 6.07) is 2.90. The number of aromatic carboxylic acids is 2. The number of ether oxygens (including phenoxy) is 1. The Morgan fingerprint density at radius 1 is 1.07 bits per heavy atom. The molecule has 2 rings (SSSR count). The molecule has 0 aliphatic rings. The first-order chi connectivity index (χ1) is 12.5. The molecule has 6 N–H and O–H groups in total. The number of aromatic nitrogens is 2. The van der Waals surface area contributed by atoms with E-state index in [2.05, 4.69) is 15.3 Å². The molecular weight excluding hydrogens is 356 g/mol. The van der Waals surface area contributed by atoms with Gasteiger partial charge in [0.25, 0.3) is 0 Å². The van der Waals surface area contributed by atoms with E-state index in [1.165, 1.54) is 36.9 Å². The molecule has 0 bridgehead atoms. The largest absolute Gasteiger partial charge is 0.478 e. The molecule has 0 fully saturated rings. The highest BCUT2D eigenvalue weighted by atomic mass is 16.6. The lowest BCUT2D eigenvalue weighted by atomic mass is 10.2. The predicted molar refractivity (Wildman–Crippen MR) is 97.3 cm³/mol. The van der Waals surface area contributed by atoms with Gasteiger partial charge in [-0.3, -0.25) is 9.97 Å². The predicted octanol–water partition coefficient (Wildman–Crippen LogP) is 1.64. The van der Waals surface area contributed by atoms with Gasteiger partial charge in [-0.2, -0.15) is 0 Å². The minimum atomic E-state index is -1.28. The van der Waals surface area contributed by atoms with Crippen LogP contribution in [0.4, 0.5) is 11.4 Å². The summed E-state index contributed by atoms with van der Waals surface area (Å²) in [5.41, 5.74) is 5.27. The van der Waals surface area contributed by atoms with Gasteiger partial charge in [0.15, 0.2) is 0 Å². The fourth-order valence-corrected chi connectivity index (χ4v) is 1.77. The number of hydrogen-bond acceptors (Lipinski definition) is 8. The highest BCUT2D eigenvalue weighted by Gasteiger charge is 2.18. The molecule has 2 aromatic heterocycles. The fourth-order valence-electron chi connectivity index (χ4n) is 1.77. The molecular formula is C17H22N4O6. The summed E-state index contributed by atoms with van der Waals surface area (Å²) in [6.07, 6.45) is 4.02. The molecule has 2 heterocycles. The summed E-state index contributed by atoms with van der Waals surface area (Å²) in [5, 5.41) is 29.5. The van der Waals surface area contributed by atoms with Crippen molar-refractivity contribution in [3.8, 4) is 0 Å². The SMILES string of the molecule is CC(C)(C)OC(O)Nc1ccncc1C(=O)O.Nc1ccncc1C(=O)O. The van der Waals surface area contributed by atoms with Crippen molar-refractivity contribution in [2.45, 2.75) is 32.8 Å². The molecule has 10 heteroatoms. The van der Waals surface area contributed by atoms with Crippen molar-refractivity contribution in [2.24, 2.45) is 0 Å². The molecule has 1 unspecified atom stereocenters. The number of anilines is 2. The Balaban J connectivity index is 0.000000309. The Morgan fingerprint density at radius 2 is 1.59 bits per heavy atom. The summed E-state index contributed by atoms with van der Waals surface area (Å²) in [7, 11) is 0. The molecule has 0 saturated carbocycles. The van der Waals surface area contributed by atoms with Crippen LogP contribution in [0.25, 0.3) is 0 Å². The van der Waals surface area contributed by atoms with Crippen molar-refractivity contribution in [3.05, 3.63) is 48.0 Å². The zero-order chi connectivity index (χ0) is 20.6. The lowest BCUT2D eigenvalue weighted by molar-refractivity contribution is -0.148. The number of pyridine rings is 2. The second kappa shape index (κ2) is 9.46. The molecule has 2 aromatic rings. The number of nitrogen functional groups attached to an aromatic ring is 1. The molecule has 0 aromatic carbocycles. The van der Waals surface area contributed by atoms with Crippen LogP contribution in [0, 0.1) is 0 Å². The minimum Gasteiger partial charge on any atom is -0.478 e. The summed E-state index contributed by atoms with van der Waals surface area (Å²) in [5.74, 6) is -2.17. The Kier molecular flexibility index (Phi) is 7.64. The van der Waals surface area contributed by atoms with E-state index in [0.717, 1.165) is 0 Å². The molecule has 10 nitrogen and oxygen atoms in total. The zero-order valence-corrected chi connectivity index (χ0v) is 15.1. The number of rotatable bonds is 5. The van der Waals surface area contributed by atoms with Crippen LogP contribution < -0.4 is 11.1 Å². The van der Waals surface area contributed by atoms with E-state index in [1.54, 1.807) is 20.8 Å². The number of carbonyl (C=O) groups is 2. The molecule has 27 heavy (non-hydrogen) atoms. The van der Waals surface area contributed by atoms with Gasteiger partial charge >= 0.3 is 11.9 Å². The van der Waals surface area contributed by atoms with Crippen LogP contribution in [0.1, 0.15) is 41.5 Å². The van der Waals surface area contributed by atoms with Gasteiger partial charge in [0.1, 0.15) is 11.1 Å². The maximum Gasteiger partial charge on any atom is 0.339 e. The lowest BCUT2D eigenvalue weighted by Crippen LogP contribution is -2.33. The van der Waals surface area contributed by atoms with Crippen LogP contribution in [-0.4, -0.2) is 49.2 Å². The van der Waals surface area contributed by atoms with Crippen molar-refractivity contribution in [1.29, 1.82) is 0 Å². The molecule has 0 spiro atoms. The minimum absolute atomic E-state index is 0.0240. The number of nitrogens with zero attached hydrogens (tertiary/aromatic N) is 2. The highest BCUT2D eigenvalue weighted by Crippen LogP contribution is 2.16. The number of aliphatic hydroxyl groups excluding tert-OH is 1. The van der Waals surface area contributed by atoms with Crippen LogP contribution >= 0.6 is 0 Å². The maximum absolute atomic E-state index is 10.9. The van der Waals surface area contributed by atoms with E-state index in [1.807, 2.05) is 0 Å². The van der Waals surface area contributed by atoms with Gasteiger partial charge in [0.2, 0.25) is 6.41 Å². The Labute approximate surface area is 155 Å². The van der Waals surface area contributed by atoms with E-state index in [9.17, 15) is 14.7 Å². The summed E-state index contributed by atoms with van der Waals surface area (Å²) in [6.45, 7) is 5.34. The molecule has 0 amide bonds. The first-order valence-electron chi connectivity index (χ1n) is 7.74. The average molecular weight is 378 g/mol.